The minimum Gasteiger partial charge on any atom is -0.504 e. The summed E-state index contributed by atoms with van der Waals surface area (Å²) in [5.74, 6) is -2.42. The number of amides is 3. The Labute approximate surface area is 348 Å². The number of aromatic hydroxyl groups is 1. The van der Waals surface area contributed by atoms with Crippen LogP contribution in [0.25, 0.3) is 11.6 Å². The number of ether oxygens (including phenoxy) is 3. The number of halogens is 1. The van der Waals surface area contributed by atoms with E-state index >= 15 is 0 Å². The molecule has 1 aliphatic carbocycles. The van der Waals surface area contributed by atoms with Gasteiger partial charge >= 0.3 is 6.09 Å². The van der Waals surface area contributed by atoms with E-state index in [1.54, 1.807) is 0 Å². The molecule has 3 aliphatic rings. The number of likely N-dealkylation sites (tertiary alicyclic amines) is 1. The summed E-state index contributed by atoms with van der Waals surface area (Å²) in [5, 5.41) is 12.5. The number of imide groups is 3. The molecule has 1 N–H and O–H groups in total. The molecule has 0 radical (unpaired) electrons. The van der Waals surface area contributed by atoms with Crippen LogP contribution in [0.5, 0.6) is 11.5 Å². The lowest BCUT2D eigenvalue weighted by molar-refractivity contribution is -0.137. The Kier molecular flexibility index (Phi) is 11.9. The van der Waals surface area contributed by atoms with Gasteiger partial charge in [0.15, 0.2) is 11.5 Å². The van der Waals surface area contributed by atoms with Crippen molar-refractivity contribution in [3.8, 4) is 11.5 Å². The first-order valence-corrected chi connectivity index (χ1v) is 22.2. The largest absolute Gasteiger partial charge is 0.504 e. The van der Waals surface area contributed by atoms with Gasteiger partial charge < -0.3 is 23.7 Å². The van der Waals surface area contributed by atoms with Crippen molar-refractivity contribution in [1.29, 1.82) is 0 Å². The number of phenols is 1. The highest BCUT2D eigenvalue weighted by molar-refractivity contribution is 14.1. The van der Waals surface area contributed by atoms with Gasteiger partial charge in [0.1, 0.15) is 0 Å². The molecule has 9 nitrogen and oxygen atoms in total. The molecule has 2 aliphatic heterocycles. The molecule has 296 valence electrons. The van der Waals surface area contributed by atoms with E-state index in [1.165, 1.54) is 14.2 Å². The number of nitrogens with zero attached hydrogens (tertiary/aromatic N) is 1. The van der Waals surface area contributed by atoms with E-state index in [0.717, 1.165) is 38.2 Å². The zero-order valence-electron chi connectivity index (χ0n) is 32.9. The molecule has 2 fully saturated rings. The molecule has 57 heavy (non-hydrogen) atoms. The molecule has 3 amide bonds. The molecule has 0 aromatic heterocycles. The van der Waals surface area contributed by atoms with Crippen LogP contribution in [0.2, 0.25) is 5.04 Å². The first kappa shape index (κ1) is 40.6. The first-order chi connectivity index (χ1) is 27.4. The van der Waals surface area contributed by atoms with Crippen molar-refractivity contribution in [1.82, 2.24) is 4.90 Å². The number of hydrogen-bond acceptors (Lipinski definition) is 8. The minimum absolute atomic E-state index is 0.1000. The van der Waals surface area contributed by atoms with Gasteiger partial charge in [-0.3, -0.25) is 9.59 Å². The summed E-state index contributed by atoms with van der Waals surface area (Å²) in [7, 11) is -0.273. The summed E-state index contributed by atoms with van der Waals surface area (Å²) in [5.41, 5.74) is 4.94. The average molecular weight is 898 g/mol. The molecule has 0 spiro atoms. The summed E-state index contributed by atoms with van der Waals surface area (Å²) in [6.45, 7) is 7.18. The standard InChI is InChI=1S/C46H48INO8Si/c1-46(2,3)57(33-17-11-7-12-18-33,34-19-13-8-14-20-34)56-27-32-26-35-41(44(51)48(43(35)50)45(52)54-5)36-28-55-38(40(32)36)22-21-31(30-15-9-6-10-16-30)23-29-24-37(47)42(49)39(25-29)53-4/h6-20,23-25,35-36,38,41,49H,21-22,26-28H2,1-5H3/b31-23-/t35-,36+,38-,41-/m1/s1. The highest BCUT2D eigenvalue weighted by atomic mass is 127. The smallest absolute Gasteiger partial charge is 0.423 e. The normalized spacial score (nSPS) is 21.1. The third kappa shape index (κ3) is 7.62. The van der Waals surface area contributed by atoms with Gasteiger partial charge in [-0.25, -0.2) is 4.79 Å². The number of phenolic OH excluding ortho intramolecular Hbond substituents is 1. The third-order valence-electron chi connectivity index (χ3n) is 11.7. The number of rotatable bonds is 11. The monoisotopic (exact) mass is 897 g/mol. The summed E-state index contributed by atoms with van der Waals surface area (Å²) in [6.07, 6.45) is 2.30. The molecule has 7 rings (SSSR count). The second kappa shape index (κ2) is 16.7. The summed E-state index contributed by atoms with van der Waals surface area (Å²) >= 11 is 2.11. The Bertz CT molecular complexity index is 2160. The summed E-state index contributed by atoms with van der Waals surface area (Å²) < 4.78 is 25.2. The molecule has 0 unspecified atom stereocenters. The van der Waals surface area contributed by atoms with E-state index in [2.05, 4.69) is 110 Å². The number of methoxy groups -OCH3 is 2. The Hall–Kier alpha value is -4.56. The van der Waals surface area contributed by atoms with Gasteiger partial charge in [-0.2, -0.15) is 4.90 Å². The van der Waals surface area contributed by atoms with Crippen molar-refractivity contribution in [2.24, 2.45) is 17.8 Å². The number of benzene rings is 4. The van der Waals surface area contributed by atoms with Crippen LogP contribution < -0.4 is 15.1 Å². The van der Waals surface area contributed by atoms with Crippen LogP contribution in [0.4, 0.5) is 4.79 Å². The molecule has 4 aromatic rings. The number of allylic oxidation sites excluding steroid dienone is 1. The summed E-state index contributed by atoms with van der Waals surface area (Å²) in [4.78, 5) is 41.3. The Morgan fingerprint density at radius 2 is 1.53 bits per heavy atom. The van der Waals surface area contributed by atoms with E-state index in [-0.39, 0.29) is 36.5 Å². The fraction of sp³-hybridized carbons (Fsp3) is 0.326. The number of carbonyl (C=O) groups is 3. The van der Waals surface area contributed by atoms with E-state index in [0.29, 0.717) is 27.1 Å². The molecule has 0 saturated carbocycles. The van der Waals surface area contributed by atoms with Crippen molar-refractivity contribution in [3.63, 3.8) is 0 Å². The van der Waals surface area contributed by atoms with Gasteiger partial charge in [0.2, 0.25) is 11.8 Å². The minimum atomic E-state index is -2.99. The molecule has 2 saturated heterocycles. The van der Waals surface area contributed by atoms with Gasteiger partial charge in [0.25, 0.3) is 8.32 Å². The highest BCUT2D eigenvalue weighted by Gasteiger charge is 2.59. The van der Waals surface area contributed by atoms with Gasteiger partial charge in [0, 0.05) is 5.92 Å². The van der Waals surface area contributed by atoms with E-state index < -0.39 is 44.0 Å². The van der Waals surface area contributed by atoms with Crippen LogP contribution >= 0.6 is 22.6 Å². The van der Waals surface area contributed by atoms with Crippen molar-refractivity contribution >= 4 is 70.8 Å². The van der Waals surface area contributed by atoms with Gasteiger partial charge in [0.05, 0.1) is 48.9 Å². The molecular formula is C46H48INO8Si. The molecule has 11 heteroatoms. The van der Waals surface area contributed by atoms with Crippen LogP contribution in [-0.2, 0) is 23.5 Å². The lowest BCUT2D eigenvalue weighted by Gasteiger charge is -2.44. The van der Waals surface area contributed by atoms with Crippen molar-refractivity contribution in [2.45, 2.75) is 51.2 Å². The van der Waals surface area contributed by atoms with Crippen LogP contribution in [0.1, 0.15) is 51.2 Å². The molecule has 0 bridgehead atoms. The van der Waals surface area contributed by atoms with Crippen molar-refractivity contribution in [3.05, 3.63) is 129 Å². The first-order valence-electron chi connectivity index (χ1n) is 19.3. The van der Waals surface area contributed by atoms with Gasteiger partial charge in [-0.05, 0) is 97.2 Å². The molecule has 4 atom stereocenters. The second-order valence-electron chi connectivity index (χ2n) is 15.9. The maximum absolute atomic E-state index is 13.9. The Balaban J connectivity index is 1.30. The lowest BCUT2D eigenvalue weighted by atomic mass is 9.69. The SMILES string of the molecule is COC(=O)N1C(=O)[C@@H]2[C@@H](CC(CO[Si](c3ccccc3)(c3ccccc3)C(C)(C)C)=C3[C@@H](CC/C(=C/c4cc(I)c(O)c(OC)c4)c4ccccc4)OC[C@@H]32)C1=O. The van der Waals surface area contributed by atoms with Gasteiger partial charge in [-0.15, -0.1) is 0 Å². The number of fused-ring (bicyclic) bond motifs is 3. The van der Waals surface area contributed by atoms with Crippen molar-refractivity contribution in [2.75, 3.05) is 27.4 Å². The topological polar surface area (TPSA) is 112 Å². The van der Waals surface area contributed by atoms with Crippen LogP contribution in [0.3, 0.4) is 0 Å². The maximum Gasteiger partial charge on any atom is 0.423 e. The van der Waals surface area contributed by atoms with Crippen LogP contribution in [-0.4, -0.2) is 69.8 Å². The van der Waals surface area contributed by atoms with E-state index in [4.69, 9.17) is 18.6 Å². The molecular weight excluding hydrogens is 849 g/mol. The zero-order chi connectivity index (χ0) is 40.5. The quantitative estimate of drug-likeness (QED) is 0.0531. The molecule has 4 aromatic carbocycles. The van der Waals surface area contributed by atoms with E-state index in [9.17, 15) is 19.5 Å². The summed E-state index contributed by atoms with van der Waals surface area (Å²) in [6, 6.07) is 34.7. The van der Waals surface area contributed by atoms with Crippen LogP contribution in [0.15, 0.2) is 114 Å². The predicted octanol–water partition coefficient (Wildman–Crippen LogP) is 7.99. The Morgan fingerprint density at radius 3 is 2.11 bits per heavy atom. The second-order valence-corrected chi connectivity index (χ2v) is 21.4. The number of carbonyl (C=O) groups excluding carboxylic acids is 3. The van der Waals surface area contributed by atoms with E-state index in [1.807, 2.05) is 42.5 Å². The third-order valence-corrected chi connectivity index (χ3v) is 17.5. The predicted molar refractivity (Wildman–Crippen MR) is 231 cm³/mol. The fourth-order valence-corrected chi connectivity index (χ4v) is 14.3. The maximum atomic E-state index is 13.9. The zero-order valence-corrected chi connectivity index (χ0v) is 36.0. The van der Waals surface area contributed by atoms with Gasteiger partial charge in [-0.1, -0.05) is 118 Å². The lowest BCUT2D eigenvalue weighted by Crippen LogP contribution is -2.66. The Morgan fingerprint density at radius 1 is 0.912 bits per heavy atom. The number of hydrogen-bond donors (Lipinski definition) is 1. The highest BCUT2D eigenvalue weighted by Crippen LogP contribution is 2.51. The van der Waals surface area contributed by atoms with Crippen molar-refractivity contribution < 1.29 is 38.1 Å². The fourth-order valence-electron chi connectivity index (χ4n) is 9.11. The average Bonchev–Trinajstić information content (AvgIpc) is 3.75. The molecule has 2 heterocycles. The van der Waals surface area contributed by atoms with Crippen LogP contribution in [0, 0.1) is 21.3 Å².